The molecule has 1 saturated heterocycles. The van der Waals surface area contributed by atoms with Crippen LogP contribution in [-0.4, -0.2) is 104 Å². The predicted molar refractivity (Wildman–Crippen MR) is 232 cm³/mol. The monoisotopic (exact) mass is 912 g/mol. The van der Waals surface area contributed by atoms with Crippen molar-refractivity contribution in [2.45, 2.75) is 128 Å². The molecule has 1 heterocycles. The largest absolute Gasteiger partial charge is 0.463 e. The predicted octanol–water partition coefficient (Wildman–Crippen LogP) is 5.74. The molecular formula is C50H56O16. The van der Waals surface area contributed by atoms with E-state index in [1.54, 1.807) is 0 Å². The van der Waals surface area contributed by atoms with Gasteiger partial charge in [-0.3, -0.25) is 24.0 Å². The van der Waals surface area contributed by atoms with Gasteiger partial charge in [-0.1, -0.05) is 121 Å². The third-order valence-electron chi connectivity index (χ3n) is 10.6. The normalized spacial score (nSPS) is 26.0. The molecule has 1 aliphatic carbocycles. The van der Waals surface area contributed by atoms with Crippen LogP contribution < -0.4 is 0 Å². The van der Waals surface area contributed by atoms with Crippen molar-refractivity contribution in [1.29, 1.82) is 0 Å². The highest BCUT2D eigenvalue weighted by molar-refractivity contribution is 5.69. The molecule has 0 bridgehead atoms. The SMILES string of the molecule is CC(=O)OC[C@H]1O[C@H](O[C@@H]2[C@@H](OCc3ccccc3)[C@H](OCc3ccccc3)[C@@H](OCc3ccccc3)[C@@H](OCc3ccccc3)[C@@H]2OC(C)=O)[C@@H](OC(C)=O)[C@@H](OC(C)=O)[C@@H]1OC(C)=O. The number of carbonyl (C=O) groups is 5. The van der Waals surface area contributed by atoms with Crippen molar-refractivity contribution in [2.24, 2.45) is 0 Å². The molecule has 0 N–H and O–H groups in total. The summed E-state index contributed by atoms with van der Waals surface area (Å²) in [5.74, 6) is -3.88. The van der Waals surface area contributed by atoms with Gasteiger partial charge in [-0.2, -0.15) is 0 Å². The maximum absolute atomic E-state index is 13.4. The van der Waals surface area contributed by atoms with Gasteiger partial charge in [0.05, 0.1) is 26.4 Å². The number of rotatable bonds is 20. The Kier molecular flexibility index (Phi) is 18.3. The summed E-state index contributed by atoms with van der Waals surface area (Å²) < 4.78 is 69.4. The van der Waals surface area contributed by atoms with E-state index in [2.05, 4.69) is 0 Å². The standard InChI is InChI=1S/C50H56O16/c1-31(51)56-30-40-41(61-32(2)52)46(62-33(3)53)49(64-35(5)55)50(65-40)66-48-45(60-29-39-24-16-9-17-25-39)43(58-27-37-20-12-7-13-21-37)42(57-26-36-18-10-6-11-19-36)44(47(48)63-34(4)54)59-28-38-22-14-8-15-23-38/h6-25,40-50H,26-30H2,1-5H3/t40-,41-,42-,43-,44-,45+,46+,47+,48-,49+,50-/m1/s1. The van der Waals surface area contributed by atoms with Crippen LogP contribution in [-0.2, 0) is 103 Å². The maximum atomic E-state index is 13.4. The molecule has 0 aromatic heterocycles. The van der Waals surface area contributed by atoms with Crippen molar-refractivity contribution < 1.29 is 76.1 Å². The number of carbonyl (C=O) groups excluding carboxylic acids is 5. The van der Waals surface area contributed by atoms with Crippen molar-refractivity contribution in [3.8, 4) is 0 Å². The molecule has 11 atom stereocenters. The van der Waals surface area contributed by atoms with Crippen LogP contribution >= 0.6 is 0 Å². The van der Waals surface area contributed by atoms with Crippen LogP contribution in [0.25, 0.3) is 0 Å². The molecule has 0 radical (unpaired) electrons. The molecule has 2 aliphatic rings. The molecule has 4 aromatic rings. The molecule has 16 heteroatoms. The Morgan fingerprint density at radius 3 is 1.03 bits per heavy atom. The number of esters is 5. The number of hydrogen-bond acceptors (Lipinski definition) is 16. The van der Waals surface area contributed by atoms with E-state index >= 15 is 0 Å². The fourth-order valence-electron chi connectivity index (χ4n) is 7.88. The molecule has 0 unspecified atom stereocenters. The van der Waals surface area contributed by atoms with Crippen molar-refractivity contribution >= 4 is 29.8 Å². The quantitative estimate of drug-likeness (QED) is 0.0771. The van der Waals surface area contributed by atoms with Gasteiger partial charge in [-0.05, 0) is 22.3 Å². The van der Waals surface area contributed by atoms with Gasteiger partial charge in [-0.15, -0.1) is 0 Å². The second-order valence-corrected chi connectivity index (χ2v) is 15.8. The smallest absolute Gasteiger partial charge is 0.303 e. The average molecular weight is 913 g/mol. The van der Waals surface area contributed by atoms with Crippen LogP contribution in [0.2, 0.25) is 0 Å². The Morgan fingerprint density at radius 2 is 0.682 bits per heavy atom. The first-order chi connectivity index (χ1) is 31.9. The topological polar surface area (TPSA) is 187 Å². The minimum atomic E-state index is -1.71. The maximum Gasteiger partial charge on any atom is 0.303 e. The van der Waals surface area contributed by atoms with Gasteiger partial charge in [0.25, 0.3) is 0 Å². The minimum Gasteiger partial charge on any atom is -0.463 e. The summed E-state index contributed by atoms with van der Waals surface area (Å²) in [6.07, 6.45) is -14.9. The van der Waals surface area contributed by atoms with E-state index in [-0.39, 0.29) is 26.4 Å². The zero-order chi connectivity index (χ0) is 47.0. The molecule has 0 spiro atoms. The van der Waals surface area contributed by atoms with E-state index in [4.69, 9.17) is 52.1 Å². The molecule has 2 fully saturated rings. The lowest BCUT2D eigenvalue weighted by Crippen LogP contribution is -2.70. The van der Waals surface area contributed by atoms with Crippen molar-refractivity contribution in [3.63, 3.8) is 0 Å². The second-order valence-electron chi connectivity index (χ2n) is 15.8. The Morgan fingerprint density at radius 1 is 0.379 bits per heavy atom. The van der Waals surface area contributed by atoms with Gasteiger partial charge in [0.1, 0.15) is 43.2 Å². The first-order valence-corrected chi connectivity index (χ1v) is 21.6. The zero-order valence-electron chi connectivity index (χ0n) is 37.5. The van der Waals surface area contributed by atoms with Gasteiger partial charge < -0.3 is 52.1 Å². The van der Waals surface area contributed by atoms with Gasteiger partial charge >= 0.3 is 29.8 Å². The van der Waals surface area contributed by atoms with Gasteiger partial charge in [-0.25, -0.2) is 0 Å². The summed E-state index contributed by atoms with van der Waals surface area (Å²) in [6, 6.07) is 37.6. The number of benzene rings is 4. The zero-order valence-corrected chi connectivity index (χ0v) is 37.5. The highest BCUT2D eigenvalue weighted by atomic mass is 16.8. The highest BCUT2D eigenvalue weighted by Gasteiger charge is 2.60. The van der Waals surface area contributed by atoms with Gasteiger partial charge in [0.15, 0.2) is 30.7 Å². The molecule has 1 aliphatic heterocycles. The van der Waals surface area contributed by atoms with Crippen LogP contribution in [0.1, 0.15) is 56.9 Å². The first kappa shape index (κ1) is 49.4. The third-order valence-corrected chi connectivity index (χ3v) is 10.6. The van der Waals surface area contributed by atoms with E-state index in [1.165, 1.54) is 13.8 Å². The van der Waals surface area contributed by atoms with Crippen LogP contribution in [0.5, 0.6) is 0 Å². The van der Waals surface area contributed by atoms with E-state index in [9.17, 15) is 24.0 Å². The van der Waals surface area contributed by atoms with Crippen molar-refractivity contribution in [2.75, 3.05) is 6.61 Å². The van der Waals surface area contributed by atoms with E-state index in [0.717, 1.165) is 43.0 Å². The summed E-state index contributed by atoms with van der Waals surface area (Å²) >= 11 is 0. The summed E-state index contributed by atoms with van der Waals surface area (Å²) in [5.41, 5.74) is 3.23. The Bertz CT molecular complexity index is 2160. The van der Waals surface area contributed by atoms with Crippen LogP contribution in [0.15, 0.2) is 121 Å². The second kappa shape index (κ2) is 24.5. The lowest BCUT2D eigenvalue weighted by molar-refractivity contribution is -0.351. The average Bonchev–Trinajstić information content (AvgIpc) is 3.29. The highest BCUT2D eigenvalue weighted by Crippen LogP contribution is 2.39. The van der Waals surface area contributed by atoms with Crippen molar-refractivity contribution in [1.82, 2.24) is 0 Å². The lowest BCUT2D eigenvalue weighted by Gasteiger charge is -2.51. The van der Waals surface area contributed by atoms with E-state index in [0.29, 0.717) is 0 Å². The Balaban J connectivity index is 1.52. The molecule has 4 aromatic carbocycles. The molecule has 16 nitrogen and oxygen atoms in total. The molecule has 6 rings (SSSR count). The van der Waals surface area contributed by atoms with Crippen LogP contribution in [0.4, 0.5) is 0 Å². The molecular weight excluding hydrogens is 857 g/mol. The Labute approximate surface area is 383 Å². The third kappa shape index (κ3) is 14.2. The summed E-state index contributed by atoms with van der Waals surface area (Å²) in [6.45, 7) is 5.45. The summed E-state index contributed by atoms with van der Waals surface area (Å²) in [4.78, 5) is 63.7. The minimum absolute atomic E-state index is 0.00285. The summed E-state index contributed by atoms with van der Waals surface area (Å²) in [5, 5.41) is 0. The number of ether oxygens (including phenoxy) is 11. The lowest BCUT2D eigenvalue weighted by atomic mass is 9.83. The number of hydrogen-bond donors (Lipinski definition) is 0. The van der Waals surface area contributed by atoms with Crippen molar-refractivity contribution in [3.05, 3.63) is 144 Å². The van der Waals surface area contributed by atoms with Gasteiger partial charge in [0.2, 0.25) is 0 Å². The first-order valence-electron chi connectivity index (χ1n) is 21.6. The Hall–Kier alpha value is -6.01. The van der Waals surface area contributed by atoms with E-state index in [1.807, 2.05) is 121 Å². The molecule has 66 heavy (non-hydrogen) atoms. The van der Waals surface area contributed by atoms with Crippen LogP contribution in [0, 0.1) is 0 Å². The van der Waals surface area contributed by atoms with E-state index < -0.39 is 104 Å². The van der Waals surface area contributed by atoms with Crippen LogP contribution in [0.3, 0.4) is 0 Å². The molecule has 1 saturated carbocycles. The van der Waals surface area contributed by atoms with Gasteiger partial charge in [0, 0.05) is 34.6 Å². The molecule has 352 valence electrons. The fraction of sp³-hybridized carbons (Fsp3) is 0.420. The molecule has 0 amide bonds. The summed E-state index contributed by atoms with van der Waals surface area (Å²) in [7, 11) is 0. The fourth-order valence-corrected chi connectivity index (χ4v) is 7.88.